The Balaban J connectivity index is 1.67. The Morgan fingerprint density at radius 2 is 2.00 bits per heavy atom. The van der Waals surface area contributed by atoms with Gasteiger partial charge in [-0.15, -0.1) is 0 Å². The van der Waals surface area contributed by atoms with Gasteiger partial charge in [0.1, 0.15) is 5.82 Å². The second kappa shape index (κ2) is 6.67. The minimum absolute atomic E-state index is 0.00675. The van der Waals surface area contributed by atoms with Crippen LogP contribution in [0.25, 0.3) is 0 Å². The molecule has 1 aromatic carbocycles. The molecular formula is C17H23FN2O. The van der Waals surface area contributed by atoms with Crippen LogP contribution < -0.4 is 5.32 Å². The molecule has 114 valence electrons. The summed E-state index contributed by atoms with van der Waals surface area (Å²) < 4.78 is 13.7. The van der Waals surface area contributed by atoms with Crippen LogP contribution in [0.5, 0.6) is 0 Å². The van der Waals surface area contributed by atoms with Gasteiger partial charge < -0.3 is 5.32 Å². The van der Waals surface area contributed by atoms with Gasteiger partial charge >= 0.3 is 0 Å². The molecule has 1 N–H and O–H groups in total. The highest BCUT2D eigenvalue weighted by atomic mass is 19.1. The van der Waals surface area contributed by atoms with Crippen molar-refractivity contribution in [2.45, 2.75) is 44.2 Å². The molecule has 0 aromatic heterocycles. The predicted octanol–water partition coefficient (Wildman–Crippen LogP) is 2.15. The van der Waals surface area contributed by atoms with Gasteiger partial charge in [0.05, 0.1) is 6.04 Å². The van der Waals surface area contributed by atoms with Gasteiger partial charge in [-0.25, -0.2) is 4.39 Å². The Labute approximate surface area is 125 Å². The molecule has 2 aliphatic heterocycles. The van der Waals surface area contributed by atoms with E-state index in [0.29, 0.717) is 11.6 Å². The van der Waals surface area contributed by atoms with Crippen molar-refractivity contribution in [2.24, 2.45) is 0 Å². The van der Waals surface area contributed by atoms with E-state index in [2.05, 4.69) is 10.2 Å². The number of nitrogens with zero attached hydrogens (tertiary/aromatic N) is 1. The van der Waals surface area contributed by atoms with Crippen LogP contribution in [0.2, 0.25) is 0 Å². The third kappa shape index (κ3) is 3.33. The molecule has 3 nitrogen and oxygen atoms in total. The lowest BCUT2D eigenvalue weighted by Gasteiger charge is -2.35. The molecule has 21 heavy (non-hydrogen) atoms. The topological polar surface area (TPSA) is 32.3 Å². The normalized spacial score (nSPS) is 24.3. The summed E-state index contributed by atoms with van der Waals surface area (Å²) in [5, 5.41) is 3.37. The molecule has 0 aliphatic carbocycles. The smallest absolute Gasteiger partial charge is 0.154 e. The molecule has 4 heteroatoms. The van der Waals surface area contributed by atoms with Gasteiger partial charge in [-0.2, -0.15) is 0 Å². The molecule has 0 bridgehead atoms. The highest BCUT2D eigenvalue weighted by molar-refractivity contribution is 5.86. The van der Waals surface area contributed by atoms with Crippen LogP contribution in [0.1, 0.15) is 31.2 Å². The van der Waals surface area contributed by atoms with Crippen molar-refractivity contribution in [3.63, 3.8) is 0 Å². The van der Waals surface area contributed by atoms with Gasteiger partial charge in [-0.3, -0.25) is 9.69 Å². The maximum absolute atomic E-state index is 13.7. The zero-order chi connectivity index (χ0) is 14.7. The molecule has 0 saturated carbocycles. The first-order valence-electron chi connectivity index (χ1n) is 7.98. The summed E-state index contributed by atoms with van der Waals surface area (Å²) in [7, 11) is 0. The number of benzene rings is 1. The molecule has 0 amide bonds. The van der Waals surface area contributed by atoms with Gasteiger partial charge in [0, 0.05) is 12.5 Å². The number of ketones is 1. The largest absolute Gasteiger partial charge is 0.317 e. The minimum atomic E-state index is -0.266. The Bertz CT molecular complexity index is 499. The SMILES string of the molecule is O=C(Cc1ccccc1F)C1CCCN1C1CCNCC1. The zero-order valence-corrected chi connectivity index (χ0v) is 12.4. The number of piperidine rings is 1. The van der Waals surface area contributed by atoms with Gasteiger partial charge in [-0.1, -0.05) is 18.2 Å². The molecule has 2 fully saturated rings. The van der Waals surface area contributed by atoms with Gasteiger partial charge in [0.15, 0.2) is 5.78 Å². The van der Waals surface area contributed by atoms with E-state index in [9.17, 15) is 9.18 Å². The monoisotopic (exact) mass is 290 g/mol. The number of carbonyl (C=O) groups excluding carboxylic acids is 1. The highest BCUT2D eigenvalue weighted by Gasteiger charge is 2.35. The number of Topliss-reactive ketones (excluding diaryl/α,β-unsaturated/α-hetero) is 1. The summed E-state index contributed by atoms with van der Waals surface area (Å²) in [6, 6.07) is 7.13. The lowest BCUT2D eigenvalue weighted by Crippen LogP contribution is -2.48. The van der Waals surface area contributed by atoms with Crippen molar-refractivity contribution in [3.8, 4) is 0 Å². The van der Waals surface area contributed by atoms with Crippen LogP contribution >= 0.6 is 0 Å². The molecule has 2 aliphatic rings. The maximum atomic E-state index is 13.7. The Morgan fingerprint density at radius 3 is 2.76 bits per heavy atom. The number of nitrogens with one attached hydrogen (secondary N) is 1. The molecule has 1 aromatic rings. The second-order valence-corrected chi connectivity index (χ2v) is 6.11. The fourth-order valence-electron chi connectivity index (χ4n) is 3.66. The molecule has 0 spiro atoms. The van der Waals surface area contributed by atoms with Crippen LogP contribution in [0.15, 0.2) is 24.3 Å². The first-order chi connectivity index (χ1) is 10.3. The number of halogens is 1. The molecule has 0 radical (unpaired) electrons. The van der Waals surface area contributed by atoms with Crippen molar-refractivity contribution >= 4 is 5.78 Å². The molecule has 1 unspecified atom stereocenters. The van der Waals surface area contributed by atoms with E-state index in [-0.39, 0.29) is 24.1 Å². The van der Waals surface area contributed by atoms with Crippen molar-refractivity contribution in [1.82, 2.24) is 10.2 Å². The summed E-state index contributed by atoms with van der Waals surface area (Å²) in [4.78, 5) is 15.0. The second-order valence-electron chi connectivity index (χ2n) is 6.11. The summed E-state index contributed by atoms with van der Waals surface area (Å²) in [5.41, 5.74) is 0.527. The van der Waals surface area contributed by atoms with Crippen molar-refractivity contribution < 1.29 is 9.18 Å². The fourth-order valence-corrected chi connectivity index (χ4v) is 3.66. The maximum Gasteiger partial charge on any atom is 0.154 e. The van der Waals surface area contributed by atoms with Crippen LogP contribution in [0, 0.1) is 5.82 Å². The van der Waals surface area contributed by atoms with Gasteiger partial charge in [-0.05, 0) is 56.9 Å². The summed E-state index contributed by atoms with van der Waals surface area (Å²) in [6.45, 7) is 3.09. The molecule has 1 atom stereocenters. The number of rotatable bonds is 4. The lowest BCUT2D eigenvalue weighted by molar-refractivity contribution is -0.123. The van der Waals surface area contributed by atoms with E-state index in [0.717, 1.165) is 45.3 Å². The quantitative estimate of drug-likeness (QED) is 0.922. The standard InChI is InChI=1S/C17H23FN2O/c18-15-5-2-1-4-13(15)12-17(21)16-6-3-11-20(16)14-7-9-19-10-8-14/h1-2,4-5,14,16,19H,3,6-12H2. The van der Waals surface area contributed by atoms with E-state index >= 15 is 0 Å². The lowest BCUT2D eigenvalue weighted by atomic mass is 9.98. The average molecular weight is 290 g/mol. The summed E-state index contributed by atoms with van der Waals surface area (Å²) in [5.74, 6) is -0.0894. The first-order valence-corrected chi connectivity index (χ1v) is 7.98. The third-order valence-electron chi connectivity index (χ3n) is 4.77. The van der Waals surface area contributed by atoms with E-state index in [1.165, 1.54) is 6.07 Å². The molecular weight excluding hydrogens is 267 g/mol. The van der Waals surface area contributed by atoms with Crippen molar-refractivity contribution in [2.75, 3.05) is 19.6 Å². The molecule has 2 saturated heterocycles. The Kier molecular flexibility index (Phi) is 4.66. The molecule has 2 heterocycles. The minimum Gasteiger partial charge on any atom is -0.317 e. The van der Waals surface area contributed by atoms with Crippen LogP contribution in [0.3, 0.4) is 0 Å². The van der Waals surface area contributed by atoms with Crippen molar-refractivity contribution in [3.05, 3.63) is 35.6 Å². The number of likely N-dealkylation sites (tertiary alicyclic amines) is 1. The Morgan fingerprint density at radius 1 is 1.24 bits per heavy atom. The zero-order valence-electron chi connectivity index (χ0n) is 12.4. The Hall–Kier alpha value is -1.26. The third-order valence-corrected chi connectivity index (χ3v) is 4.77. The molecule has 3 rings (SSSR count). The first kappa shape index (κ1) is 14.7. The summed E-state index contributed by atoms with van der Waals surface area (Å²) >= 11 is 0. The van der Waals surface area contributed by atoms with Gasteiger partial charge in [0.25, 0.3) is 0 Å². The van der Waals surface area contributed by atoms with E-state index < -0.39 is 0 Å². The summed E-state index contributed by atoms with van der Waals surface area (Å²) in [6.07, 6.45) is 4.46. The van der Waals surface area contributed by atoms with Crippen LogP contribution in [-0.4, -0.2) is 42.4 Å². The van der Waals surface area contributed by atoms with E-state index in [1.54, 1.807) is 18.2 Å². The number of hydrogen-bond acceptors (Lipinski definition) is 3. The van der Waals surface area contributed by atoms with Crippen molar-refractivity contribution in [1.29, 1.82) is 0 Å². The van der Waals surface area contributed by atoms with E-state index in [1.807, 2.05) is 0 Å². The number of carbonyl (C=O) groups is 1. The fraction of sp³-hybridized carbons (Fsp3) is 0.588. The van der Waals surface area contributed by atoms with Gasteiger partial charge in [0.2, 0.25) is 0 Å². The average Bonchev–Trinajstić information content (AvgIpc) is 3.00. The van der Waals surface area contributed by atoms with E-state index in [4.69, 9.17) is 0 Å². The van der Waals surface area contributed by atoms with Crippen LogP contribution in [-0.2, 0) is 11.2 Å². The predicted molar refractivity (Wildman–Crippen MR) is 80.7 cm³/mol. The number of hydrogen-bond donors (Lipinski definition) is 1. The van der Waals surface area contributed by atoms with Crippen LogP contribution in [0.4, 0.5) is 4.39 Å². The highest BCUT2D eigenvalue weighted by Crippen LogP contribution is 2.26.